The number of amides is 1. The SMILES string of the molecule is CCN(C(=O)c1cn(C2CCNCC2)nn1)c1ccccc1.Cl. The summed E-state index contributed by atoms with van der Waals surface area (Å²) >= 11 is 0. The fourth-order valence-electron chi connectivity index (χ4n) is 2.81. The molecule has 0 radical (unpaired) electrons. The Bertz CT molecular complexity index is 624. The van der Waals surface area contributed by atoms with E-state index in [1.807, 2.05) is 41.9 Å². The first-order valence-electron chi connectivity index (χ1n) is 7.79. The number of nitrogens with zero attached hydrogens (tertiary/aromatic N) is 4. The normalized spacial score (nSPS) is 15.0. The summed E-state index contributed by atoms with van der Waals surface area (Å²) in [6.45, 7) is 4.53. The zero-order valence-corrected chi connectivity index (χ0v) is 14.0. The van der Waals surface area contributed by atoms with Crippen LogP contribution in [0.5, 0.6) is 0 Å². The summed E-state index contributed by atoms with van der Waals surface area (Å²) in [6.07, 6.45) is 3.82. The van der Waals surface area contributed by atoms with Gasteiger partial charge in [-0.1, -0.05) is 23.4 Å². The maximum atomic E-state index is 12.7. The van der Waals surface area contributed by atoms with E-state index in [0.29, 0.717) is 18.3 Å². The van der Waals surface area contributed by atoms with Crippen molar-refractivity contribution in [3.63, 3.8) is 0 Å². The van der Waals surface area contributed by atoms with Crippen LogP contribution in [0.4, 0.5) is 5.69 Å². The lowest BCUT2D eigenvalue weighted by Gasteiger charge is -2.22. The summed E-state index contributed by atoms with van der Waals surface area (Å²) in [7, 11) is 0. The summed E-state index contributed by atoms with van der Waals surface area (Å²) < 4.78 is 1.84. The maximum Gasteiger partial charge on any atom is 0.280 e. The van der Waals surface area contributed by atoms with Crippen LogP contribution in [-0.4, -0.2) is 40.5 Å². The van der Waals surface area contributed by atoms with Crippen molar-refractivity contribution in [3.05, 3.63) is 42.2 Å². The Balaban J connectivity index is 0.00000192. The first-order chi connectivity index (χ1) is 10.8. The van der Waals surface area contributed by atoms with Crippen LogP contribution in [0.25, 0.3) is 0 Å². The van der Waals surface area contributed by atoms with E-state index in [-0.39, 0.29) is 18.3 Å². The molecule has 0 saturated carbocycles. The quantitative estimate of drug-likeness (QED) is 0.931. The number of carbonyl (C=O) groups is 1. The molecule has 1 N–H and O–H groups in total. The predicted molar refractivity (Wildman–Crippen MR) is 92.2 cm³/mol. The molecule has 2 aromatic rings. The van der Waals surface area contributed by atoms with Gasteiger partial charge in [0, 0.05) is 12.2 Å². The molecule has 1 aliphatic rings. The van der Waals surface area contributed by atoms with E-state index in [4.69, 9.17) is 0 Å². The number of anilines is 1. The molecular weight excluding hydrogens is 314 g/mol. The number of aromatic nitrogens is 3. The molecule has 2 heterocycles. The number of nitrogens with one attached hydrogen (secondary N) is 1. The standard InChI is InChI=1S/C16H21N5O.ClH/c1-2-20(13-6-4-3-5-7-13)16(22)15-12-21(19-18-15)14-8-10-17-11-9-14;/h3-7,12,14,17H,2,8-11H2,1H3;1H. The van der Waals surface area contributed by atoms with Gasteiger partial charge in [0.1, 0.15) is 0 Å². The summed E-state index contributed by atoms with van der Waals surface area (Å²) in [6, 6.07) is 9.99. The van der Waals surface area contributed by atoms with E-state index in [0.717, 1.165) is 31.6 Å². The van der Waals surface area contributed by atoms with Crippen LogP contribution in [0.2, 0.25) is 0 Å². The number of piperidine rings is 1. The summed E-state index contributed by atoms with van der Waals surface area (Å²) in [5.74, 6) is -0.103. The molecule has 0 aliphatic carbocycles. The van der Waals surface area contributed by atoms with E-state index in [2.05, 4.69) is 15.6 Å². The highest BCUT2D eigenvalue weighted by Gasteiger charge is 2.22. The van der Waals surface area contributed by atoms with E-state index >= 15 is 0 Å². The Labute approximate surface area is 142 Å². The van der Waals surface area contributed by atoms with Crippen molar-refractivity contribution in [2.75, 3.05) is 24.5 Å². The average Bonchev–Trinajstić information content (AvgIpc) is 3.07. The van der Waals surface area contributed by atoms with Gasteiger partial charge < -0.3 is 10.2 Å². The topological polar surface area (TPSA) is 63.1 Å². The minimum Gasteiger partial charge on any atom is -0.317 e. The highest BCUT2D eigenvalue weighted by molar-refractivity contribution is 6.04. The van der Waals surface area contributed by atoms with E-state index in [1.54, 1.807) is 11.1 Å². The second-order valence-corrected chi connectivity index (χ2v) is 5.45. The lowest BCUT2D eigenvalue weighted by atomic mass is 10.1. The highest BCUT2D eigenvalue weighted by Crippen LogP contribution is 2.19. The van der Waals surface area contributed by atoms with E-state index in [9.17, 15) is 4.79 Å². The maximum absolute atomic E-state index is 12.7. The van der Waals surface area contributed by atoms with Crippen molar-refractivity contribution in [2.24, 2.45) is 0 Å². The molecule has 23 heavy (non-hydrogen) atoms. The number of hydrogen-bond acceptors (Lipinski definition) is 4. The zero-order valence-electron chi connectivity index (χ0n) is 13.2. The van der Waals surface area contributed by atoms with Crippen molar-refractivity contribution < 1.29 is 4.79 Å². The van der Waals surface area contributed by atoms with Crippen LogP contribution < -0.4 is 10.2 Å². The molecular formula is C16H22ClN5O. The Morgan fingerprint density at radius 3 is 2.65 bits per heavy atom. The number of para-hydroxylation sites is 1. The van der Waals surface area contributed by atoms with Gasteiger partial charge in [-0.2, -0.15) is 0 Å². The summed E-state index contributed by atoms with van der Waals surface area (Å²) in [5, 5.41) is 11.6. The average molecular weight is 336 g/mol. The molecule has 3 rings (SSSR count). The van der Waals surface area contributed by atoms with E-state index in [1.165, 1.54) is 0 Å². The van der Waals surface area contributed by atoms with Gasteiger partial charge in [-0.3, -0.25) is 4.79 Å². The molecule has 1 aromatic carbocycles. The minimum absolute atomic E-state index is 0. The minimum atomic E-state index is -0.103. The fraction of sp³-hybridized carbons (Fsp3) is 0.438. The van der Waals surface area contributed by atoms with Gasteiger partial charge in [0.15, 0.2) is 5.69 Å². The van der Waals surface area contributed by atoms with Crippen molar-refractivity contribution in [1.82, 2.24) is 20.3 Å². The summed E-state index contributed by atoms with van der Waals surface area (Å²) in [5.41, 5.74) is 1.29. The predicted octanol–water partition coefficient (Wildman–Crippen LogP) is 2.29. The third-order valence-electron chi connectivity index (χ3n) is 4.04. The van der Waals surface area contributed by atoms with Crippen LogP contribution >= 0.6 is 12.4 Å². The van der Waals surface area contributed by atoms with Crippen LogP contribution in [0, 0.1) is 0 Å². The van der Waals surface area contributed by atoms with Crippen molar-refractivity contribution in [1.29, 1.82) is 0 Å². The van der Waals surface area contributed by atoms with Gasteiger partial charge in [0.05, 0.1) is 12.2 Å². The Morgan fingerprint density at radius 1 is 1.30 bits per heavy atom. The molecule has 7 heteroatoms. The molecule has 124 valence electrons. The third-order valence-corrected chi connectivity index (χ3v) is 4.04. The van der Waals surface area contributed by atoms with Crippen molar-refractivity contribution in [2.45, 2.75) is 25.8 Å². The number of hydrogen-bond donors (Lipinski definition) is 1. The fourth-order valence-corrected chi connectivity index (χ4v) is 2.81. The number of benzene rings is 1. The van der Waals surface area contributed by atoms with E-state index < -0.39 is 0 Å². The highest BCUT2D eigenvalue weighted by atomic mass is 35.5. The molecule has 6 nitrogen and oxygen atoms in total. The smallest absolute Gasteiger partial charge is 0.280 e. The Morgan fingerprint density at radius 2 is 2.00 bits per heavy atom. The first kappa shape index (κ1) is 17.4. The molecule has 1 aliphatic heterocycles. The van der Waals surface area contributed by atoms with Crippen LogP contribution in [-0.2, 0) is 0 Å². The third kappa shape index (κ3) is 3.89. The molecule has 1 saturated heterocycles. The number of rotatable bonds is 4. The van der Waals surface area contributed by atoms with Crippen molar-refractivity contribution in [3.8, 4) is 0 Å². The van der Waals surface area contributed by atoms with Crippen LogP contribution in [0.15, 0.2) is 36.5 Å². The van der Waals surface area contributed by atoms with Crippen LogP contribution in [0.3, 0.4) is 0 Å². The van der Waals surface area contributed by atoms with Gasteiger partial charge in [-0.25, -0.2) is 4.68 Å². The van der Waals surface area contributed by atoms with Gasteiger partial charge in [0.25, 0.3) is 5.91 Å². The molecule has 0 bridgehead atoms. The number of halogens is 1. The largest absolute Gasteiger partial charge is 0.317 e. The number of carbonyl (C=O) groups excluding carboxylic acids is 1. The molecule has 0 atom stereocenters. The lowest BCUT2D eigenvalue weighted by Crippen LogP contribution is -2.31. The molecule has 0 unspecified atom stereocenters. The Kier molecular flexibility index (Phi) is 6.12. The lowest BCUT2D eigenvalue weighted by molar-refractivity contribution is 0.0983. The van der Waals surface area contributed by atoms with Gasteiger partial charge in [-0.05, 0) is 45.0 Å². The van der Waals surface area contributed by atoms with Crippen LogP contribution in [0.1, 0.15) is 36.3 Å². The molecule has 1 aromatic heterocycles. The van der Waals surface area contributed by atoms with Gasteiger partial charge in [-0.15, -0.1) is 17.5 Å². The Hall–Kier alpha value is -1.92. The zero-order chi connectivity index (χ0) is 15.4. The van der Waals surface area contributed by atoms with Gasteiger partial charge in [0.2, 0.25) is 0 Å². The molecule has 0 spiro atoms. The summed E-state index contributed by atoms with van der Waals surface area (Å²) in [4.78, 5) is 14.4. The monoisotopic (exact) mass is 335 g/mol. The second kappa shape index (κ2) is 8.08. The van der Waals surface area contributed by atoms with Crippen molar-refractivity contribution >= 4 is 24.0 Å². The first-order valence-corrected chi connectivity index (χ1v) is 7.79. The molecule has 1 fully saturated rings. The van der Waals surface area contributed by atoms with Gasteiger partial charge >= 0.3 is 0 Å². The second-order valence-electron chi connectivity index (χ2n) is 5.45. The molecule has 1 amide bonds.